The molecule has 6 rings (SSSR count). The van der Waals surface area contributed by atoms with Gasteiger partial charge in [-0.3, -0.25) is 4.79 Å². The van der Waals surface area contributed by atoms with Crippen LogP contribution < -0.4 is 5.56 Å². The largest absolute Gasteiger partial charge is 0.458 e. The van der Waals surface area contributed by atoms with Crippen molar-refractivity contribution in [2.45, 2.75) is 52.9 Å². The molecule has 30 heavy (non-hydrogen) atoms. The number of rotatable bonds is 0. The molecule has 0 saturated heterocycles. The maximum atomic E-state index is 14.4. The van der Waals surface area contributed by atoms with Crippen LogP contribution in [0.15, 0.2) is 16.9 Å². The highest BCUT2D eigenvalue weighted by molar-refractivity contribution is 5.93. The highest BCUT2D eigenvalue weighted by atomic mass is 19.1. The Balaban J connectivity index is 0.000000937. The van der Waals surface area contributed by atoms with Crippen LogP contribution in [0.5, 0.6) is 0 Å². The summed E-state index contributed by atoms with van der Waals surface area (Å²) < 4.78 is 20.9. The topological polar surface area (TPSA) is 81.4 Å². The van der Waals surface area contributed by atoms with Crippen LogP contribution in [0.2, 0.25) is 0 Å². The van der Waals surface area contributed by atoms with E-state index in [0.29, 0.717) is 34.6 Å². The van der Waals surface area contributed by atoms with Crippen molar-refractivity contribution in [3.63, 3.8) is 0 Å². The average Bonchev–Trinajstić information content (AvgIpc) is 3.34. The van der Waals surface area contributed by atoms with Crippen molar-refractivity contribution >= 4 is 16.9 Å². The molecular formula is C23H21FN2O4. The number of hydrogen-bond acceptors (Lipinski definition) is 5. The molecule has 0 amide bonds. The fraction of sp³-hybridized carbons (Fsp3) is 0.348. The number of fused-ring (bicyclic) bond motifs is 5. The molecule has 6 nitrogen and oxygen atoms in total. The number of carbonyl (C=O) groups excluding carboxylic acids is 1. The number of aliphatic hydroxyl groups is 1. The number of esters is 1. The van der Waals surface area contributed by atoms with Crippen molar-refractivity contribution < 1.29 is 19.0 Å². The summed E-state index contributed by atoms with van der Waals surface area (Å²) in [5.74, 6) is -1.04. The minimum Gasteiger partial charge on any atom is -0.458 e. The predicted octanol–water partition coefficient (Wildman–Crippen LogP) is 3.09. The third-order valence-corrected chi connectivity index (χ3v) is 6.31. The number of aryl methyl sites for hydroxylation is 2. The zero-order valence-electron chi connectivity index (χ0n) is 17.0. The van der Waals surface area contributed by atoms with Crippen LogP contribution in [0.1, 0.15) is 53.3 Å². The van der Waals surface area contributed by atoms with Crippen molar-refractivity contribution in [3.05, 3.63) is 61.7 Å². The van der Waals surface area contributed by atoms with Gasteiger partial charge in [0.25, 0.3) is 5.56 Å². The summed E-state index contributed by atoms with van der Waals surface area (Å²) >= 11 is 0. The SMILES string of the molecule is CC.Cc1c(F)cc2nc3c(c4c2c1CC4)Cn1c-3cc2c(c1=O)COC(=O)C2O. The molecule has 154 valence electrons. The van der Waals surface area contributed by atoms with Gasteiger partial charge in [-0.25, -0.2) is 14.2 Å². The Morgan fingerprint density at radius 1 is 1.13 bits per heavy atom. The molecule has 1 N–H and O–H groups in total. The summed E-state index contributed by atoms with van der Waals surface area (Å²) in [4.78, 5) is 29.4. The zero-order chi connectivity index (χ0) is 21.3. The van der Waals surface area contributed by atoms with Gasteiger partial charge in [-0.05, 0) is 42.5 Å². The fourth-order valence-electron chi connectivity index (χ4n) is 4.87. The van der Waals surface area contributed by atoms with Crippen molar-refractivity contribution in [3.8, 4) is 11.4 Å². The van der Waals surface area contributed by atoms with E-state index in [-0.39, 0.29) is 23.5 Å². The highest BCUT2D eigenvalue weighted by Gasteiger charge is 2.35. The van der Waals surface area contributed by atoms with Crippen molar-refractivity contribution in [2.24, 2.45) is 0 Å². The second-order valence-corrected chi connectivity index (χ2v) is 7.64. The second kappa shape index (κ2) is 6.47. The van der Waals surface area contributed by atoms with E-state index in [0.717, 1.165) is 34.9 Å². The Bertz CT molecular complexity index is 1330. The highest BCUT2D eigenvalue weighted by Crippen LogP contribution is 2.42. The summed E-state index contributed by atoms with van der Waals surface area (Å²) in [7, 11) is 0. The number of halogens is 1. The molecule has 3 aromatic rings. The first-order chi connectivity index (χ1) is 14.5. The second-order valence-electron chi connectivity index (χ2n) is 7.64. The molecule has 2 aromatic heterocycles. The lowest BCUT2D eigenvalue weighted by Crippen LogP contribution is -2.32. The summed E-state index contributed by atoms with van der Waals surface area (Å²) in [6.07, 6.45) is 0.0676. The van der Waals surface area contributed by atoms with Crippen LogP contribution in [0.4, 0.5) is 4.39 Å². The van der Waals surface area contributed by atoms with E-state index in [9.17, 15) is 19.1 Å². The van der Waals surface area contributed by atoms with Crippen molar-refractivity contribution in [1.82, 2.24) is 9.55 Å². The lowest BCUT2D eigenvalue weighted by atomic mass is 9.98. The summed E-state index contributed by atoms with van der Waals surface area (Å²) in [5, 5.41) is 11.2. The smallest absolute Gasteiger partial charge is 0.340 e. The first-order valence-corrected chi connectivity index (χ1v) is 10.2. The van der Waals surface area contributed by atoms with Crippen LogP contribution in [0, 0.1) is 12.7 Å². The fourth-order valence-corrected chi connectivity index (χ4v) is 4.87. The molecule has 2 aliphatic heterocycles. The number of carbonyl (C=O) groups is 1. The van der Waals surface area contributed by atoms with Crippen LogP contribution in [-0.2, 0) is 35.5 Å². The number of ether oxygens (including phenoxy) is 1. The van der Waals surface area contributed by atoms with E-state index in [1.165, 1.54) is 6.07 Å². The Kier molecular flexibility index (Phi) is 4.08. The van der Waals surface area contributed by atoms with Crippen LogP contribution >= 0.6 is 0 Å². The standard InChI is InChI=1S/C21H15FN2O4.C2H6/c1-8-9-2-3-10-12-6-24-16(18(12)23-15(17(9)10)5-14(8)22)4-11-13(20(24)26)7-28-21(27)19(11)25;1-2/h4-5,19,25H,2-3,6-7H2,1H3;1-2H3. The Labute approximate surface area is 171 Å². The lowest BCUT2D eigenvalue weighted by molar-refractivity contribution is -0.157. The van der Waals surface area contributed by atoms with Crippen LogP contribution in [-0.4, -0.2) is 20.6 Å². The lowest BCUT2D eigenvalue weighted by Gasteiger charge is -2.21. The van der Waals surface area contributed by atoms with Gasteiger partial charge in [0.15, 0.2) is 6.10 Å². The number of aliphatic hydroxyl groups excluding tert-OH is 1. The summed E-state index contributed by atoms with van der Waals surface area (Å²) in [5.41, 5.74) is 5.81. The van der Waals surface area contributed by atoms with Gasteiger partial charge in [0.2, 0.25) is 0 Å². The van der Waals surface area contributed by atoms with E-state index in [1.54, 1.807) is 17.6 Å². The Hall–Kier alpha value is -3.06. The quantitative estimate of drug-likeness (QED) is 0.452. The molecule has 0 bridgehead atoms. The van der Waals surface area contributed by atoms with Crippen molar-refractivity contribution in [1.29, 1.82) is 0 Å². The van der Waals surface area contributed by atoms with Gasteiger partial charge < -0.3 is 14.4 Å². The minimum absolute atomic E-state index is 0.141. The molecule has 3 aliphatic rings. The van der Waals surface area contributed by atoms with Gasteiger partial charge >= 0.3 is 5.97 Å². The monoisotopic (exact) mass is 408 g/mol. The van der Waals surface area contributed by atoms with E-state index < -0.39 is 12.1 Å². The summed E-state index contributed by atoms with van der Waals surface area (Å²) in [6, 6.07) is 3.11. The molecule has 0 radical (unpaired) electrons. The van der Waals surface area contributed by atoms with Gasteiger partial charge in [-0.1, -0.05) is 13.8 Å². The Morgan fingerprint density at radius 2 is 1.87 bits per heavy atom. The molecular weight excluding hydrogens is 387 g/mol. The number of hydrogen-bond donors (Lipinski definition) is 1. The van der Waals surface area contributed by atoms with Crippen LogP contribution in [0.3, 0.4) is 0 Å². The van der Waals surface area contributed by atoms with Gasteiger partial charge in [-0.2, -0.15) is 0 Å². The molecule has 0 saturated carbocycles. The molecule has 1 aliphatic carbocycles. The van der Waals surface area contributed by atoms with Crippen molar-refractivity contribution in [2.75, 3.05) is 0 Å². The number of aromatic nitrogens is 2. The minimum atomic E-state index is -1.48. The average molecular weight is 408 g/mol. The molecule has 1 unspecified atom stereocenters. The molecule has 4 heterocycles. The van der Waals surface area contributed by atoms with E-state index in [1.807, 2.05) is 13.8 Å². The molecule has 0 fully saturated rings. The normalized spacial score (nSPS) is 17.8. The van der Waals surface area contributed by atoms with Gasteiger partial charge in [-0.15, -0.1) is 0 Å². The van der Waals surface area contributed by atoms with Gasteiger partial charge in [0.1, 0.15) is 12.4 Å². The van der Waals surface area contributed by atoms with Crippen LogP contribution in [0.25, 0.3) is 22.3 Å². The predicted molar refractivity (Wildman–Crippen MR) is 109 cm³/mol. The zero-order valence-corrected chi connectivity index (χ0v) is 17.0. The number of benzene rings is 1. The maximum Gasteiger partial charge on any atom is 0.340 e. The maximum absolute atomic E-state index is 14.4. The van der Waals surface area contributed by atoms with E-state index >= 15 is 0 Å². The number of nitrogens with zero attached hydrogens (tertiary/aromatic N) is 2. The third kappa shape index (κ3) is 2.29. The molecule has 1 aromatic carbocycles. The molecule has 1 atom stereocenters. The first kappa shape index (κ1) is 18.9. The molecule has 7 heteroatoms. The number of cyclic esters (lactones) is 1. The molecule has 0 spiro atoms. The third-order valence-electron chi connectivity index (χ3n) is 6.31. The number of pyridine rings is 2. The van der Waals surface area contributed by atoms with Gasteiger partial charge in [0.05, 0.1) is 29.0 Å². The summed E-state index contributed by atoms with van der Waals surface area (Å²) in [6.45, 7) is 6.03. The Morgan fingerprint density at radius 3 is 2.63 bits per heavy atom. The van der Waals surface area contributed by atoms with E-state index in [2.05, 4.69) is 0 Å². The first-order valence-electron chi connectivity index (χ1n) is 10.2. The van der Waals surface area contributed by atoms with Gasteiger partial charge in [0, 0.05) is 22.6 Å². The van der Waals surface area contributed by atoms with E-state index in [4.69, 9.17) is 9.72 Å².